The van der Waals surface area contributed by atoms with Crippen molar-refractivity contribution in [2.45, 2.75) is 26.9 Å². The normalized spacial score (nSPS) is 11.3. The van der Waals surface area contributed by atoms with E-state index in [1.165, 1.54) is 0 Å². The summed E-state index contributed by atoms with van der Waals surface area (Å²) >= 11 is 0. The van der Waals surface area contributed by atoms with E-state index in [2.05, 4.69) is 25.8 Å². The fourth-order valence-corrected chi connectivity index (χ4v) is 1.85. The van der Waals surface area contributed by atoms with Crippen molar-refractivity contribution in [3.63, 3.8) is 0 Å². The minimum atomic E-state index is 0.435. The van der Waals surface area contributed by atoms with Crippen LogP contribution >= 0.6 is 0 Å². The molecule has 0 aliphatic carbocycles. The second kappa shape index (κ2) is 8.02. The summed E-state index contributed by atoms with van der Waals surface area (Å²) < 4.78 is 10.3. The number of nitrogens with one attached hydrogen (secondary N) is 2. The molecule has 1 aromatic carbocycles. The van der Waals surface area contributed by atoms with E-state index in [4.69, 9.17) is 9.26 Å². The molecule has 0 spiro atoms. The summed E-state index contributed by atoms with van der Waals surface area (Å²) in [5, 5.41) is 10.1. The Balaban J connectivity index is 1.96. The zero-order valence-corrected chi connectivity index (χ0v) is 13.1. The first-order valence-electron chi connectivity index (χ1n) is 7.15. The largest absolute Gasteiger partial charge is 0.497 e. The van der Waals surface area contributed by atoms with Crippen molar-refractivity contribution >= 4 is 5.96 Å². The molecule has 0 atom stereocenters. The van der Waals surface area contributed by atoms with Crippen LogP contribution in [0.5, 0.6) is 5.75 Å². The van der Waals surface area contributed by atoms with Crippen LogP contribution in [0.15, 0.2) is 33.8 Å². The molecule has 0 fully saturated rings. The van der Waals surface area contributed by atoms with Crippen LogP contribution in [0.25, 0.3) is 0 Å². The fraction of sp³-hybridized carbons (Fsp3) is 0.400. The van der Waals surface area contributed by atoms with Gasteiger partial charge >= 0.3 is 0 Å². The van der Waals surface area contributed by atoms with Gasteiger partial charge in [-0.05, 0) is 31.5 Å². The van der Waals surface area contributed by atoms with Gasteiger partial charge in [0.25, 0.3) is 0 Å². The van der Waals surface area contributed by atoms with Crippen molar-refractivity contribution < 1.29 is 9.26 Å². The van der Waals surface area contributed by atoms with E-state index in [1.54, 1.807) is 14.0 Å². The number of aliphatic imine (C=N–C) groups is 1. The topological polar surface area (TPSA) is 84.6 Å². The van der Waals surface area contributed by atoms with Gasteiger partial charge in [-0.15, -0.1) is 0 Å². The summed E-state index contributed by atoms with van der Waals surface area (Å²) in [5.74, 6) is 2.67. The zero-order chi connectivity index (χ0) is 15.8. The van der Waals surface area contributed by atoms with E-state index in [9.17, 15) is 0 Å². The third-order valence-electron chi connectivity index (χ3n) is 2.87. The first kappa shape index (κ1) is 15.8. The van der Waals surface area contributed by atoms with E-state index in [-0.39, 0.29) is 0 Å². The number of nitrogens with zero attached hydrogens (tertiary/aromatic N) is 3. The molecule has 0 aliphatic heterocycles. The number of benzene rings is 1. The van der Waals surface area contributed by atoms with E-state index < -0.39 is 0 Å². The van der Waals surface area contributed by atoms with Crippen LogP contribution in [0.2, 0.25) is 0 Å². The van der Waals surface area contributed by atoms with Crippen molar-refractivity contribution in [2.75, 3.05) is 13.7 Å². The fourth-order valence-electron chi connectivity index (χ4n) is 1.85. The van der Waals surface area contributed by atoms with Gasteiger partial charge in [0.2, 0.25) is 5.89 Å². The van der Waals surface area contributed by atoms with Gasteiger partial charge in [0.15, 0.2) is 11.8 Å². The molecule has 0 saturated heterocycles. The lowest BCUT2D eigenvalue weighted by Crippen LogP contribution is -2.36. The smallest absolute Gasteiger partial charge is 0.246 e. The predicted molar refractivity (Wildman–Crippen MR) is 83.7 cm³/mol. The number of aryl methyl sites for hydroxylation is 1. The molecule has 1 heterocycles. The molecule has 0 radical (unpaired) electrons. The van der Waals surface area contributed by atoms with Crippen molar-refractivity contribution in [3.8, 4) is 5.75 Å². The third kappa shape index (κ3) is 4.76. The van der Waals surface area contributed by atoms with Crippen molar-refractivity contribution in [1.29, 1.82) is 0 Å². The van der Waals surface area contributed by atoms with Crippen LogP contribution in [0, 0.1) is 6.92 Å². The molecule has 2 aromatic rings. The molecule has 0 bridgehead atoms. The minimum Gasteiger partial charge on any atom is -0.497 e. The van der Waals surface area contributed by atoms with Crippen LogP contribution < -0.4 is 15.4 Å². The van der Waals surface area contributed by atoms with Gasteiger partial charge in [-0.2, -0.15) is 4.98 Å². The Morgan fingerprint density at radius 2 is 2.23 bits per heavy atom. The molecule has 0 unspecified atom stereocenters. The SMILES string of the molecule is CCNC(=NCc1cccc(OC)c1)NCc1nc(C)no1. The van der Waals surface area contributed by atoms with Crippen LogP contribution in [-0.2, 0) is 13.1 Å². The van der Waals surface area contributed by atoms with Gasteiger partial charge < -0.3 is 19.9 Å². The van der Waals surface area contributed by atoms with Gasteiger partial charge in [0, 0.05) is 6.54 Å². The van der Waals surface area contributed by atoms with Gasteiger partial charge in [-0.25, -0.2) is 4.99 Å². The summed E-state index contributed by atoms with van der Waals surface area (Å²) in [5.41, 5.74) is 1.07. The molecule has 1 aromatic heterocycles. The molecule has 0 aliphatic rings. The van der Waals surface area contributed by atoms with E-state index in [1.807, 2.05) is 31.2 Å². The maximum atomic E-state index is 5.21. The number of aromatic nitrogens is 2. The Bertz CT molecular complexity index is 624. The van der Waals surface area contributed by atoms with Crippen LogP contribution in [0.1, 0.15) is 24.2 Å². The number of methoxy groups -OCH3 is 1. The second-order valence-corrected chi connectivity index (χ2v) is 4.64. The lowest BCUT2D eigenvalue weighted by molar-refractivity contribution is 0.371. The lowest BCUT2D eigenvalue weighted by Gasteiger charge is -2.09. The Kier molecular flexibility index (Phi) is 5.76. The number of guanidine groups is 1. The highest BCUT2D eigenvalue weighted by atomic mass is 16.5. The highest BCUT2D eigenvalue weighted by Crippen LogP contribution is 2.13. The monoisotopic (exact) mass is 303 g/mol. The van der Waals surface area contributed by atoms with Crippen LogP contribution in [-0.4, -0.2) is 29.8 Å². The van der Waals surface area contributed by atoms with Gasteiger partial charge in [-0.1, -0.05) is 17.3 Å². The summed E-state index contributed by atoms with van der Waals surface area (Å²) in [6.07, 6.45) is 0. The third-order valence-corrected chi connectivity index (χ3v) is 2.87. The first-order valence-corrected chi connectivity index (χ1v) is 7.15. The lowest BCUT2D eigenvalue weighted by atomic mass is 10.2. The highest BCUT2D eigenvalue weighted by Gasteiger charge is 2.04. The second-order valence-electron chi connectivity index (χ2n) is 4.64. The molecule has 2 rings (SSSR count). The quantitative estimate of drug-likeness (QED) is 0.623. The van der Waals surface area contributed by atoms with E-state index in [0.29, 0.717) is 30.8 Å². The predicted octanol–water partition coefficient (Wildman–Crippen LogP) is 1.64. The molecule has 118 valence electrons. The maximum absolute atomic E-state index is 5.21. The Morgan fingerprint density at radius 1 is 1.36 bits per heavy atom. The van der Waals surface area contributed by atoms with Crippen LogP contribution in [0.4, 0.5) is 0 Å². The molecule has 22 heavy (non-hydrogen) atoms. The van der Waals surface area contributed by atoms with Crippen LogP contribution in [0.3, 0.4) is 0 Å². The van der Waals surface area contributed by atoms with E-state index in [0.717, 1.165) is 17.9 Å². The Labute approximate surface area is 129 Å². The average Bonchev–Trinajstić information content (AvgIpc) is 2.96. The molecule has 0 amide bonds. The molecule has 7 nitrogen and oxygen atoms in total. The molecule has 0 saturated carbocycles. The standard InChI is InChI=1S/C15H21N5O2/c1-4-16-15(18-10-14-19-11(2)20-22-14)17-9-12-6-5-7-13(8-12)21-3/h5-8H,4,9-10H2,1-3H3,(H2,16,17,18). The van der Waals surface area contributed by atoms with Crippen molar-refractivity contribution in [1.82, 2.24) is 20.8 Å². The summed E-state index contributed by atoms with van der Waals surface area (Å²) in [7, 11) is 1.65. The summed E-state index contributed by atoms with van der Waals surface area (Å²) in [4.78, 5) is 8.67. The van der Waals surface area contributed by atoms with Crippen molar-refractivity contribution in [3.05, 3.63) is 41.5 Å². The van der Waals surface area contributed by atoms with Gasteiger partial charge in [0.1, 0.15) is 5.75 Å². The first-order chi connectivity index (χ1) is 10.7. The summed E-state index contributed by atoms with van der Waals surface area (Å²) in [6.45, 7) is 5.56. The Hall–Kier alpha value is -2.57. The number of hydrogen-bond acceptors (Lipinski definition) is 5. The average molecular weight is 303 g/mol. The molecule has 2 N–H and O–H groups in total. The van der Waals surface area contributed by atoms with Gasteiger partial charge in [-0.3, -0.25) is 0 Å². The number of hydrogen-bond donors (Lipinski definition) is 2. The minimum absolute atomic E-state index is 0.435. The van der Waals surface area contributed by atoms with Gasteiger partial charge in [0.05, 0.1) is 20.2 Å². The molecular formula is C15H21N5O2. The molecular weight excluding hydrogens is 282 g/mol. The highest BCUT2D eigenvalue weighted by molar-refractivity contribution is 5.79. The van der Waals surface area contributed by atoms with Crippen molar-refractivity contribution in [2.24, 2.45) is 4.99 Å². The maximum Gasteiger partial charge on any atom is 0.246 e. The van der Waals surface area contributed by atoms with E-state index >= 15 is 0 Å². The Morgan fingerprint density at radius 3 is 2.91 bits per heavy atom. The molecule has 7 heteroatoms. The zero-order valence-electron chi connectivity index (χ0n) is 13.1. The number of ether oxygens (including phenoxy) is 1. The summed E-state index contributed by atoms with van der Waals surface area (Å²) in [6, 6.07) is 7.84. The number of rotatable bonds is 6.